The molecule has 3 nitrogen and oxygen atoms in total. The molecule has 0 aromatic carbocycles. The Morgan fingerprint density at radius 2 is 1.94 bits per heavy atom. The molecular weight excluding hydrogens is 214 g/mol. The predicted octanol–water partition coefficient (Wildman–Crippen LogP) is 2.41. The molecule has 2 saturated carbocycles. The second kappa shape index (κ2) is 4.27. The molecular formula is C14H23NO2. The van der Waals surface area contributed by atoms with E-state index in [1.165, 1.54) is 38.5 Å². The number of nitrogens with one attached hydrogen (secondary N) is 1. The van der Waals surface area contributed by atoms with E-state index in [1.807, 2.05) is 0 Å². The van der Waals surface area contributed by atoms with Gasteiger partial charge in [-0.15, -0.1) is 0 Å². The molecule has 0 bridgehead atoms. The Kier molecular flexibility index (Phi) is 2.89. The topological polar surface area (TPSA) is 49.3 Å². The Hall–Kier alpha value is -0.570. The Morgan fingerprint density at radius 1 is 1.24 bits per heavy atom. The minimum Gasteiger partial charge on any atom is -0.481 e. The molecule has 2 aliphatic carbocycles. The van der Waals surface area contributed by atoms with Crippen molar-refractivity contribution in [3.63, 3.8) is 0 Å². The van der Waals surface area contributed by atoms with Crippen LogP contribution in [0.2, 0.25) is 0 Å². The van der Waals surface area contributed by atoms with Gasteiger partial charge >= 0.3 is 5.97 Å². The molecule has 1 spiro atoms. The lowest BCUT2D eigenvalue weighted by Gasteiger charge is -2.41. The third-order valence-electron chi connectivity index (χ3n) is 5.30. The normalized spacial score (nSPS) is 36.2. The van der Waals surface area contributed by atoms with Gasteiger partial charge in [0.2, 0.25) is 0 Å². The largest absolute Gasteiger partial charge is 0.481 e. The van der Waals surface area contributed by atoms with Crippen LogP contribution in [0.5, 0.6) is 0 Å². The summed E-state index contributed by atoms with van der Waals surface area (Å²) in [5, 5.41) is 13.0. The molecule has 0 aromatic rings. The zero-order chi connectivity index (χ0) is 11.9. The van der Waals surface area contributed by atoms with Gasteiger partial charge in [-0.1, -0.05) is 32.1 Å². The highest BCUT2D eigenvalue weighted by atomic mass is 16.4. The summed E-state index contributed by atoms with van der Waals surface area (Å²) in [5.41, 5.74) is 0.0900. The Labute approximate surface area is 103 Å². The Bertz CT molecular complexity index is 305. The van der Waals surface area contributed by atoms with Gasteiger partial charge in [0, 0.05) is 18.0 Å². The van der Waals surface area contributed by atoms with Crippen molar-refractivity contribution >= 4 is 5.97 Å². The van der Waals surface area contributed by atoms with E-state index in [0.717, 1.165) is 18.8 Å². The first-order valence-corrected chi connectivity index (χ1v) is 7.18. The Balaban J connectivity index is 1.80. The summed E-state index contributed by atoms with van der Waals surface area (Å²) in [5.74, 6) is 0.183. The summed E-state index contributed by atoms with van der Waals surface area (Å²) >= 11 is 0. The fourth-order valence-corrected chi connectivity index (χ4v) is 4.15. The third-order valence-corrected chi connectivity index (χ3v) is 5.30. The monoisotopic (exact) mass is 237 g/mol. The first-order valence-electron chi connectivity index (χ1n) is 7.18. The van der Waals surface area contributed by atoms with Crippen LogP contribution in [0.3, 0.4) is 0 Å². The lowest BCUT2D eigenvalue weighted by Crippen LogP contribution is -2.43. The van der Waals surface area contributed by atoms with E-state index in [0.29, 0.717) is 12.6 Å². The van der Waals surface area contributed by atoms with Crippen molar-refractivity contribution in [2.45, 2.75) is 57.4 Å². The number of carboxylic acids is 1. The fraction of sp³-hybridized carbons (Fsp3) is 0.929. The zero-order valence-corrected chi connectivity index (χ0v) is 10.5. The summed E-state index contributed by atoms with van der Waals surface area (Å²) in [7, 11) is 0. The lowest BCUT2D eigenvalue weighted by atomic mass is 9.63. The van der Waals surface area contributed by atoms with Crippen molar-refractivity contribution in [2.75, 3.05) is 6.54 Å². The highest BCUT2D eigenvalue weighted by molar-refractivity contribution is 5.72. The molecule has 3 heteroatoms. The van der Waals surface area contributed by atoms with Gasteiger partial charge in [-0.3, -0.25) is 4.79 Å². The molecule has 3 aliphatic rings. The van der Waals surface area contributed by atoms with E-state index in [4.69, 9.17) is 0 Å². The average Bonchev–Trinajstić information content (AvgIpc) is 3.06. The van der Waals surface area contributed by atoms with Crippen LogP contribution in [0.25, 0.3) is 0 Å². The summed E-state index contributed by atoms with van der Waals surface area (Å²) in [4.78, 5) is 11.5. The van der Waals surface area contributed by atoms with E-state index < -0.39 is 5.97 Å². The third kappa shape index (κ3) is 1.99. The zero-order valence-electron chi connectivity index (χ0n) is 10.5. The Morgan fingerprint density at radius 3 is 2.53 bits per heavy atom. The van der Waals surface area contributed by atoms with Crippen LogP contribution in [0.15, 0.2) is 0 Å². The van der Waals surface area contributed by atoms with Gasteiger partial charge in [-0.2, -0.15) is 0 Å². The molecule has 1 saturated heterocycles. The van der Waals surface area contributed by atoms with Crippen LogP contribution in [0.1, 0.15) is 51.4 Å². The van der Waals surface area contributed by atoms with Crippen molar-refractivity contribution in [2.24, 2.45) is 17.3 Å². The van der Waals surface area contributed by atoms with Crippen molar-refractivity contribution in [1.29, 1.82) is 0 Å². The van der Waals surface area contributed by atoms with Crippen LogP contribution in [-0.4, -0.2) is 23.7 Å². The molecule has 1 aliphatic heterocycles. The van der Waals surface area contributed by atoms with E-state index in [9.17, 15) is 9.90 Å². The summed E-state index contributed by atoms with van der Waals surface area (Å²) in [6, 6.07) is 0.483. The maximum absolute atomic E-state index is 11.5. The first-order chi connectivity index (χ1) is 8.22. The summed E-state index contributed by atoms with van der Waals surface area (Å²) in [6.45, 7) is 0.701. The standard InChI is InChI=1S/C14H23NO2/c16-13(17)11-9-15-12(8-10-4-5-10)14(11)6-2-1-3-7-14/h10-12,15H,1-9H2,(H,16,17)/t11-,12-/m0/s1. The van der Waals surface area contributed by atoms with Gasteiger partial charge in [0.15, 0.2) is 0 Å². The molecule has 0 aromatic heterocycles. The molecule has 96 valence electrons. The summed E-state index contributed by atoms with van der Waals surface area (Å²) in [6.07, 6.45) is 9.98. The molecule has 1 heterocycles. The van der Waals surface area contributed by atoms with Crippen LogP contribution in [0.4, 0.5) is 0 Å². The molecule has 17 heavy (non-hydrogen) atoms. The second-order valence-corrected chi connectivity index (χ2v) is 6.32. The highest BCUT2D eigenvalue weighted by Gasteiger charge is 2.53. The van der Waals surface area contributed by atoms with Crippen LogP contribution >= 0.6 is 0 Å². The molecule has 3 fully saturated rings. The number of hydrogen-bond donors (Lipinski definition) is 2. The van der Waals surface area contributed by atoms with Crippen LogP contribution in [-0.2, 0) is 4.79 Å². The number of carboxylic acid groups (broad SMARTS) is 1. The maximum atomic E-state index is 11.5. The number of carbonyl (C=O) groups is 1. The van der Waals surface area contributed by atoms with Crippen molar-refractivity contribution in [3.05, 3.63) is 0 Å². The maximum Gasteiger partial charge on any atom is 0.308 e. The van der Waals surface area contributed by atoms with Gasteiger partial charge in [0.05, 0.1) is 5.92 Å². The molecule has 2 N–H and O–H groups in total. The minimum absolute atomic E-state index is 0.0900. The van der Waals surface area contributed by atoms with E-state index >= 15 is 0 Å². The second-order valence-electron chi connectivity index (χ2n) is 6.32. The lowest BCUT2D eigenvalue weighted by molar-refractivity contribution is -0.146. The SMILES string of the molecule is O=C(O)[C@@H]1CN[C@@H](CC2CC2)C12CCCCC2. The van der Waals surface area contributed by atoms with E-state index in [2.05, 4.69) is 5.32 Å². The first kappa shape index (κ1) is 11.5. The minimum atomic E-state index is -0.572. The van der Waals surface area contributed by atoms with Gasteiger partial charge in [-0.05, 0) is 25.2 Å². The number of aliphatic carboxylic acids is 1. The highest BCUT2D eigenvalue weighted by Crippen LogP contribution is 2.51. The smallest absolute Gasteiger partial charge is 0.308 e. The van der Waals surface area contributed by atoms with Crippen molar-refractivity contribution in [3.8, 4) is 0 Å². The molecule has 2 atom stereocenters. The molecule has 0 amide bonds. The van der Waals surface area contributed by atoms with Crippen LogP contribution in [0, 0.1) is 17.3 Å². The number of rotatable bonds is 3. The van der Waals surface area contributed by atoms with Crippen molar-refractivity contribution < 1.29 is 9.90 Å². The average molecular weight is 237 g/mol. The molecule has 0 radical (unpaired) electrons. The summed E-state index contributed by atoms with van der Waals surface area (Å²) < 4.78 is 0. The fourth-order valence-electron chi connectivity index (χ4n) is 4.15. The quantitative estimate of drug-likeness (QED) is 0.792. The molecule has 0 unspecified atom stereocenters. The van der Waals surface area contributed by atoms with Crippen molar-refractivity contribution in [1.82, 2.24) is 5.32 Å². The number of hydrogen-bond acceptors (Lipinski definition) is 2. The van der Waals surface area contributed by atoms with Gasteiger partial charge in [0.1, 0.15) is 0 Å². The van der Waals surface area contributed by atoms with Gasteiger partial charge in [0.25, 0.3) is 0 Å². The molecule has 3 rings (SSSR count). The van der Waals surface area contributed by atoms with Crippen LogP contribution < -0.4 is 5.32 Å². The van der Waals surface area contributed by atoms with E-state index in [1.54, 1.807) is 0 Å². The van der Waals surface area contributed by atoms with E-state index in [-0.39, 0.29) is 11.3 Å². The predicted molar refractivity (Wildman–Crippen MR) is 65.8 cm³/mol. The van der Waals surface area contributed by atoms with Gasteiger partial charge in [-0.25, -0.2) is 0 Å². The van der Waals surface area contributed by atoms with Gasteiger partial charge < -0.3 is 10.4 Å².